The number of nitrogens with one attached hydrogen (secondary N) is 3. The Kier molecular flexibility index (Phi) is 8.61. The first-order chi connectivity index (χ1) is 13.7. The summed E-state index contributed by atoms with van der Waals surface area (Å²) >= 11 is 0. The van der Waals surface area contributed by atoms with Crippen LogP contribution in [0.15, 0.2) is 53.5 Å². The number of anilines is 1. The molecule has 29 heavy (non-hydrogen) atoms. The molecule has 1 heterocycles. The van der Waals surface area contributed by atoms with Gasteiger partial charge in [0.1, 0.15) is 12.7 Å². The zero-order valence-electron chi connectivity index (χ0n) is 16.0. The summed E-state index contributed by atoms with van der Waals surface area (Å²) in [6.45, 7) is 0.984. The van der Waals surface area contributed by atoms with Gasteiger partial charge in [0.2, 0.25) is 5.91 Å². The van der Waals surface area contributed by atoms with Crippen molar-refractivity contribution < 1.29 is 14.3 Å². The Hall–Kier alpha value is -2.93. The molecule has 152 valence electrons. The molecular weight excluding hydrogens is 483 g/mol. The fourth-order valence-corrected chi connectivity index (χ4v) is 2.65. The lowest BCUT2D eigenvalue weighted by Crippen LogP contribution is -2.47. The molecule has 3 N–H and O–H groups in total. The number of hydrogen-bond acceptors (Lipinski definition) is 4. The number of fused-ring (bicyclic) bond motifs is 1. The number of carbonyl (C=O) groups excluding carboxylic acids is 1. The molecule has 8 heteroatoms. The minimum absolute atomic E-state index is 0. The number of ether oxygens (including phenoxy) is 2. The summed E-state index contributed by atoms with van der Waals surface area (Å²) < 4.78 is 11.6. The molecule has 0 saturated carbocycles. The number of amides is 1. The third-order valence-corrected chi connectivity index (χ3v) is 4.02. The van der Waals surface area contributed by atoms with Gasteiger partial charge >= 0.3 is 0 Å². The van der Waals surface area contributed by atoms with Crippen LogP contribution in [0.2, 0.25) is 0 Å². The van der Waals surface area contributed by atoms with Crippen molar-refractivity contribution in [3.05, 3.63) is 54.1 Å². The van der Waals surface area contributed by atoms with Gasteiger partial charge in [-0.2, -0.15) is 0 Å². The molecule has 1 aliphatic rings. The van der Waals surface area contributed by atoms with E-state index in [2.05, 4.69) is 26.9 Å². The maximum Gasteiger partial charge on any atom is 0.243 e. The van der Waals surface area contributed by atoms with Gasteiger partial charge in [-0.15, -0.1) is 30.4 Å². The predicted molar refractivity (Wildman–Crippen MR) is 124 cm³/mol. The minimum atomic E-state index is -0.205. The van der Waals surface area contributed by atoms with Gasteiger partial charge in [0, 0.05) is 18.3 Å². The van der Waals surface area contributed by atoms with Gasteiger partial charge in [-0.3, -0.25) is 9.79 Å². The summed E-state index contributed by atoms with van der Waals surface area (Å²) in [5.41, 5.74) is 1.36. The van der Waals surface area contributed by atoms with Crippen molar-refractivity contribution in [1.29, 1.82) is 0 Å². The van der Waals surface area contributed by atoms with Crippen molar-refractivity contribution in [2.75, 3.05) is 32.1 Å². The Bertz CT molecular complexity index is 911. The van der Waals surface area contributed by atoms with E-state index in [1.807, 2.05) is 24.3 Å². The number of hydrogen-bond donors (Lipinski definition) is 3. The molecule has 2 aromatic carbocycles. The van der Waals surface area contributed by atoms with E-state index in [9.17, 15) is 4.79 Å². The van der Waals surface area contributed by atoms with Crippen molar-refractivity contribution in [3.63, 3.8) is 0 Å². The lowest BCUT2D eigenvalue weighted by molar-refractivity contribution is -0.115. The van der Waals surface area contributed by atoms with Crippen LogP contribution in [0, 0.1) is 12.3 Å². The lowest BCUT2D eigenvalue weighted by atomic mass is 10.2. The zero-order valence-corrected chi connectivity index (χ0v) is 18.3. The first kappa shape index (κ1) is 22.4. The molecule has 0 fully saturated rings. The SMILES string of the molecule is C#Cc1cccc(NC(=O)CNC(=NC)NCC2COc3ccccc3O2)c1.I. The third-order valence-electron chi connectivity index (χ3n) is 4.02. The molecule has 0 aliphatic carbocycles. The second-order valence-electron chi connectivity index (χ2n) is 6.08. The molecule has 0 saturated heterocycles. The number of terminal acetylenes is 1. The van der Waals surface area contributed by atoms with E-state index in [0.29, 0.717) is 30.4 Å². The number of carbonyl (C=O) groups is 1. The molecule has 3 rings (SSSR count). The average Bonchev–Trinajstić information content (AvgIpc) is 2.74. The Morgan fingerprint density at radius 2 is 2.00 bits per heavy atom. The van der Waals surface area contributed by atoms with Crippen LogP contribution in [0.4, 0.5) is 5.69 Å². The molecule has 1 amide bonds. The number of para-hydroxylation sites is 2. The number of aliphatic imine (C=N–C) groups is 1. The van der Waals surface area contributed by atoms with Crippen molar-refractivity contribution in [2.24, 2.45) is 4.99 Å². The molecule has 0 radical (unpaired) electrons. The van der Waals surface area contributed by atoms with E-state index in [1.165, 1.54) is 0 Å². The maximum absolute atomic E-state index is 12.1. The smallest absolute Gasteiger partial charge is 0.243 e. The van der Waals surface area contributed by atoms with Crippen molar-refractivity contribution in [1.82, 2.24) is 10.6 Å². The number of halogens is 1. The summed E-state index contributed by atoms with van der Waals surface area (Å²) in [5, 5.41) is 8.89. The van der Waals surface area contributed by atoms with Crippen LogP contribution < -0.4 is 25.4 Å². The number of guanidine groups is 1. The lowest BCUT2D eigenvalue weighted by Gasteiger charge is -2.27. The summed E-state index contributed by atoms with van der Waals surface area (Å²) in [4.78, 5) is 16.2. The van der Waals surface area contributed by atoms with Gasteiger partial charge in [0.15, 0.2) is 17.5 Å². The van der Waals surface area contributed by atoms with Gasteiger partial charge in [-0.25, -0.2) is 0 Å². The second kappa shape index (κ2) is 11.2. The van der Waals surface area contributed by atoms with Crippen LogP contribution in [-0.2, 0) is 4.79 Å². The Balaban J connectivity index is 0.00000300. The van der Waals surface area contributed by atoms with E-state index >= 15 is 0 Å². The Morgan fingerprint density at radius 1 is 1.21 bits per heavy atom. The Labute approximate surface area is 187 Å². The third kappa shape index (κ3) is 6.57. The van der Waals surface area contributed by atoms with Crippen LogP contribution in [-0.4, -0.2) is 44.7 Å². The molecule has 0 bridgehead atoms. The van der Waals surface area contributed by atoms with Gasteiger partial charge in [-0.1, -0.05) is 24.1 Å². The fourth-order valence-electron chi connectivity index (χ4n) is 2.65. The zero-order chi connectivity index (χ0) is 19.8. The Morgan fingerprint density at radius 3 is 2.76 bits per heavy atom. The minimum Gasteiger partial charge on any atom is -0.486 e. The van der Waals surface area contributed by atoms with E-state index in [-0.39, 0.29) is 42.5 Å². The largest absolute Gasteiger partial charge is 0.486 e. The van der Waals surface area contributed by atoms with Crippen molar-refractivity contribution in [2.45, 2.75) is 6.10 Å². The summed E-state index contributed by atoms with van der Waals surface area (Å²) in [6, 6.07) is 14.7. The highest BCUT2D eigenvalue weighted by molar-refractivity contribution is 14.0. The van der Waals surface area contributed by atoms with Crippen molar-refractivity contribution >= 4 is 41.5 Å². The fraction of sp³-hybridized carbons (Fsp3) is 0.238. The molecule has 7 nitrogen and oxygen atoms in total. The molecular formula is C21H23IN4O3. The van der Waals surface area contributed by atoms with Crippen LogP contribution in [0.3, 0.4) is 0 Å². The predicted octanol–water partition coefficient (Wildman–Crippen LogP) is 2.23. The van der Waals surface area contributed by atoms with Crippen LogP contribution in [0.1, 0.15) is 5.56 Å². The van der Waals surface area contributed by atoms with Crippen molar-refractivity contribution in [3.8, 4) is 23.8 Å². The van der Waals surface area contributed by atoms with Crippen LogP contribution >= 0.6 is 24.0 Å². The van der Waals surface area contributed by atoms with E-state index in [0.717, 1.165) is 11.5 Å². The summed E-state index contributed by atoms with van der Waals surface area (Å²) in [5.74, 6) is 4.29. The number of nitrogens with zero attached hydrogens (tertiary/aromatic N) is 1. The van der Waals surface area contributed by atoms with E-state index in [1.54, 1.807) is 31.3 Å². The van der Waals surface area contributed by atoms with Gasteiger partial charge < -0.3 is 25.4 Å². The normalized spacial score (nSPS) is 14.8. The molecule has 1 aliphatic heterocycles. The standard InChI is InChI=1S/C21H22N4O3.HI/c1-3-15-7-6-8-16(11-15)25-20(26)13-24-21(22-2)23-12-17-14-27-18-9-4-5-10-19(18)28-17;/h1,4-11,17H,12-14H2,2H3,(H,25,26)(H2,22,23,24);1H. The van der Waals surface area contributed by atoms with Crippen LogP contribution in [0.5, 0.6) is 11.5 Å². The average molecular weight is 506 g/mol. The van der Waals surface area contributed by atoms with Gasteiger partial charge in [-0.05, 0) is 30.3 Å². The molecule has 1 unspecified atom stereocenters. The second-order valence-corrected chi connectivity index (χ2v) is 6.08. The highest BCUT2D eigenvalue weighted by atomic mass is 127. The number of benzene rings is 2. The summed E-state index contributed by atoms with van der Waals surface area (Å²) in [6.07, 6.45) is 5.21. The topological polar surface area (TPSA) is 84.0 Å². The molecule has 2 aromatic rings. The highest BCUT2D eigenvalue weighted by Gasteiger charge is 2.20. The van der Waals surface area contributed by atoms with Crippen LogP contribution in [0.25, 0.3) is 0 Å². The quantitative estimate of drug-likeness (QED) is 0.251. The first-order valence-electron chi connectivity index (χ1n) is 8.87. The maximum atomic E-state index is 12.1. The van der Waals surface area contributed by atoms with E-state index in [4.69, 9.17) is 15.9 Å². The van der Waals surface area contributed by atoms with Gasteiger partial charge in [0.25, 0.3) is 0 Å². The number of rotatable bonds is 5. The molecule has 1 atom stereocenters. The van der Waals surface area contributed by atoms with E-state index < -0.39 is 0 Å². The highest BCUT2D eigenvalue weighted by Crippen LogP contribution is 2.30. The summed E-state index contributed by atoms with van der Waals surface area (Å²) in [7, 11) is 1.64. The van der Waals surface area contributed by atoms with Gasteiger partial charge in [0.05, 0.1) is 13.1 Å². The molecule has 0 aromatic heterocycles. The first-order valence-corrected chi connectivity index (χ1v) is 8.87. The monoisotopic (exact) mass is 506 g/mol. The molecule has 0 spiro atoms.